The van der Waals surface area contributed by atoms with E-state index in [2.05, 4.69) is 65.7 Å². The average molecular weight is 548 g/mol. The normalized spacial score (nSPS) is 26.7. The molecular formula is C29H43F2N5OS. The van der Waals surface area contributed by atoms with Crippen LogP contribution in [0, 0.1) is 26.7 Å². The Bertz CT molecular complexity index is 1100. The minimum Gasteiger partial charge on any atom is -0.348 e. The molecule has 38 heavy (non-hydrogen) atoms. The summed E-state index contributed by atoms with van der Waals surface area (Å²) in [6.07, 6.45) is 5.66. The molecule has 2 aliphatic heterocycles. The number of alkyl halides is 2. The molecular weight excluding hydrogens is 504 g/mol. The SMILES string of the molecule is Cc1cc([C@H](CCN2[C@@H]3CC[C@H]2C[C@H](n2c(C)nnc2C(C)C)C3)NC(=O)C2CCC(F)(F)CC2)sc1C. The van der Waals surface area contributed by atoms with Crippen molar-refractivity contribution < 1.29 is 13.6 Å². The van der Waals surface area contributed by atoms with Gasteiger partial charge in [0.05, 0.1) is 6.04 Å². The number of thiophene rings is 1. The fourth-order valence-corrected chi connectivity index (χ4v) is 8.11. The number of hydrogen-bond donors (Lipinski definition) is 1. The summed E-state index contributed by atoms with van der Waals surface area (Å²) in [5.74, 6) is -0.534. The zero-order chi connectivity index (χ0) is 27.2. The lowest BCUT2D eigenvalue weighted by Gasteiger charge is -2.40. The molecule has 6 nitrogen and oxygen atoms in total. The Balaban J connectivity index is 1.26. The fraction of sp³-hybridized carbons (Fsp3) is 0.759. The first-order chi connectivity index (χ1) is 18.0. The molecule has 3 aliphatic rings. The van der Waals surface area contributed by atoms with Crippen molar-refractivity contribution in [3.05, 3.63) is 33.0 Å². The third kappa shape index (κ3) is 5.69. The van der Waals surface area contributed by atoms with Crippen LogP contribution in [0.15, 0.2) is 6.07 Å². The summed E-state index contributed by atoms with van der Waals surface area (Å²) in [6, 6.07) is 3.63. The number of amides is 1. The van der Waals surface area contributed by atoms with Crippen LogP contribution in [0.4, 0.5) is 8.78 Å². The van der Waals surface area contributed by atoms with E-state index in [1.165, 1.54) is 28.2 Å². The number of halogens is 2. The molecule has 2 aromatic heterocycles. The Morgan fingerprint density at radius 3 is 2.32 bits per heavy atom. The molecule has 1 saturated carbocycles. The predicted molar refractivity (Wildman–Crippen MR) is 147 cm³/mol. The van der Waals surface area contributed by atoms with Gasteiger partial charge in [0.25, 0.3) is 0 Å². The van der Waals surface area contributed by atoms with Crippen molar-refractivity contribution in [2.75, 3.05) is 6.54 Å². The number of rotatable bonds is 8. The Morgan fingerprint density at radius 2 is 1.74 bits per heavy atom. The van der Waals surface area contributed by atoms with Crippen molar-refractivity contribution in [2.24, 2.45) is 5.92 Å². The summed E-state index contributed by atoms with van der Waals surface area (Å²) in [4.78, 5) is 18.3. The summed E-state index contributed by atoms with van der Waals surface area (Å²) in [7, 11) is 0. The van der Waals surface area contributed by atoms with Crippen LogP contribution in [-0.2, 0) is 4.79 Å². The molecule has 1 N–H and O–H groups in total. The first-order valence-electron chi connectivity index (χ1n) is 14.4. The largest absolute Gasteiger partial charge is 0.348 e. The topological polar surface area (TPSA) is 63.1 Å². The van der Waals surface area contributed by atoms with Crippen molar-refractivity contribution in [1.82, 2.24) is 25.0 Å². The van der Waals surface area contributed by atoms with E-state index >= 15 is 0 Å². The Morgan fingerprint density at radius 1 is 1.08 bits per heavy atom. The number of nitrogens with zero attached hydrogens (tertiary/aromatic N) is 4. The van der Waals surface area contributed by atoms with Crippen LogP contribution in [0.2, 0.25) is 0 Å². The lowest BCUT2D eigenvalue weighted by atomic mass is 9.86. The number of hydrogen-bond acceptors (Lipinski definition) is 5. The monoisotopic (exact) mass is 547 g/mol. The molecule has 2 aromatic rings. The molecule has 3 fully saturated rings. The molecule has 4 heterocycles. The van der Waals surface area contributed by atoms with Crippen LogP contribution >= 0.6 is 11.3 Å². The van der Waals surface area contributed by atoms with Gasteiger partial charge in [-0.2, -0.15) is 0 Å². The van der Waals surface area contributed by atoms with Gasteiger partial charge in [0.15, 0.2) is 0 Å². The van der Waals surface area contributed by atoms with E-state index in [0.29, 0.717) is 24.0 Å². The number of nitrogens with one attached hydrogen (secondary N) is 1. The van der Waals surface area contributed by atoms with E-state index < -0.39 is 5.92 Å². The van der Waals surface area contributed by atoms with E-state index in [4.69, 9.17) is 0 Å². The van der Waals surface area contributed by atoms with E-state index in [1.54, 1.807) is 11.3 Å². The maximum Gasteiger partial charge on any atom is 0.248 e. The van der Waals surface area contributed by atoms with E-state index in [-0.39, 0.29) is 43.6 Å². The molecule has 9 heteroatoms. The second kappa shape index (κ2) is 11.0. The molecule has 2 saturated heterocycles. The summed E-state index contributed by atoms with van der Waals surface area (Å²) >= 11 is 1.75. The summed E-state index contributed by atoms with van der Waals surface area (Å²) in [5, 5.41) is 12.2. The van der Waals surface area contributed by atoms with Crippen molar-refractivity contribution in [2.45, 2.75) is 128 Å². The van der Waals surface area contributed by atoms with Gasteiger partial charge in [-0.25, -0.2) is 8.78 Å². The summed E-state index contributed by atoms with van der Waals surface area (Å²) in [6.45, 7) is 11.6. The van der Waals surface area contributed by atoms with Gasteiger partial charge in [0.1, 0.15) is 11.6 Å². The van der Waals surface area contributed by atoms with Crippen LogP contribution in [0.3, 0.4) is 0 Å². The Labute approximate surface area is 229 Å². The van der Waals surface area contributed by atoms with Gasteiger partial charge in [-0.05, 0) is 77.3 Å². The number of fused-ring (bicyclic) bond motifs is 2. The highest BCUT2D eigenvalue weighted by Crippen LogP contribution is 2.43. The smallest absolute Gasteiger partial charge is 0.248 e. The molecule has 4 atom stereocenters. The molecule has 0 aromatic carbocycles. The van der Waals surface area contributed by atoms with E-state index in [0.717, 1.165) is 37.5 Å². The Kier molecular flexibility index (Phi) is 7.98. The lowest BCUT2D eigenvalue weighted by molar-refractivity contribution is -0.130. The van der Waals surface area contributed by atoms with E-state index in [1.807, 2.05) is 0 Å². The standard InChI is InChI=1S/C29H43F2N5OS/c1-17(2)27-34-33-20(5)36(27)24-15-22-6-7-23(16-24)35(22)13-10-25(26-14-18(3)19(4)38-26)32-28(37)21-8-11-29(30,31)12-9-21/h14,17,21-25H,6-13,15-16H2,1-5H3,(H,32,37)/t22-,23+,24-,25-/m0/s1. The molecule has 0 unspecified atom stereocenters. The molecule has 0 spiro atoms. The van der Waals surface area contributed by atoms with Gasteiger partial charge in [-0.1, -0.05) is 13.8 Å². The minimum absolute atomic E-state index is 0.0554. The van der Waals surface area contributed by atoms with Gasteiger partial charge < -0.3 is 9.88 Å². The second-order valence-electron chi connectivity index (χ2n) is 12.2. The number of aryl methyl sites for hydroxylation is 3. The number of aromatic nitrogens is 3. The van der Waals surface area contributed by atoms with Crippen molar-refractivity contribution in [1.29, 1.82) is 0 Å². The minimum atomic E-state index is -2.62. The van der Waals surface area contributed by atoms with E-state index in [9.17, 15) is 13.6 Å². The lowest BCUT2D eigenvalue weighted by Crippen LogP contribution is -2.45. The van der Waals surface area contributed by atoms with Crippen LogP contribution < -0.4 is 5.32 Å². The zero-order valence-corrected chi connectivity index (χ0v) is 24.3. The first kappa shape index (κ1) is 27.7. The average Bonchev–Trinajstić information content (AvgIpc) is 3.48. The van der Waals surface area contributed by atoms with Gasteiger partial charge in [0.2, 0.25) is 11.8 Å². The first-order valence-corrected chi connectivity index (χ1v) is 15.3. The predicted octanol–water partition coefficient (Wildman–Crippen LogP) is 6.63. The molecule has 0 radical (unpaired) electrons. The van der Waals surface area contributed by atoms with Crippen molar-refractivity contribution in [3.63, 3.8) is 0 Å². The van der Waals surface area contributed by atoms with Crippen LogP contribution in [0.1, 0.15) is 117 Å². The van der Waals surface area contributed by atoms with Gasteiger partial charge in [0, 0.05) is 59.1 Å². The quantitative estimate of drug-likeness (QED) is 0.403. The molecule has 210 valence electrons. The molecule has 1 amide bonds. The maximum absolute atomic E-state index is 13.7. The van der Waals surface area contributed by atoms with Crippen LogP contribution in [-0.4, -0.2) is 50.1 Å². The molecule has 2 bridgehead atoms. The summed E-state index contributed by atoms with van der Waals surface area (Å²) < 4.78 is 29.7. The highest BCUT2D eigenvalue weighted by atomic mass is 32.1. The second-order valence-corrected chi connectivity index (χ2v) is 13.5. The third-order valence-corrected chi connectivity index (χ3v) is 10.5. The fourth-order valence-electron chi connectivity index (χ4n) is 6.98. The van der Waals surface area contributed by atoms with Crippen molar-refractivity contribution in [3.8, 4) is 0 Å². The molecule has 5 rings (SSSR count). The maximum atomic E-state index is 13.7. The van der Waals surface area contributed by atoms with Gasteiger partial charge in [-0.3, -0.25) is 9.69 Å². The van der Waals surface area contributed by atoms with Gasteiger partial charge in [-0.15, -0.1) is 21.5 Å². The van der Waals surface area contributed by atoms with Crippen molar-refractivity contribution >= 4 is 17.2 Å². The van der Waals surface area contributed by atoms with Gasteiger partial charge >= 0.3 is 0 Å². The zero-order valence-electron chi connectivity index (χ0n) is 23.5. The highest BCUT2D eigenvalue weighted by Gasteiger charge is 2.43. The number of carbonyl (C=O) groups is 1. The molecule has 1 aliphatic carbocycles. The van der Waals surface area contributed by atoms with Crippen LogP contribution in [0.5, 0.6) is 0 Å². The Hall–Kier alpha value is -1.87. The highest BCUT2D eigenvalue weighted by molar-refractivity contribution is 7.12. The number of carbonyl (C=O) groups excluding carboxylic acids is 1. The van der Waals surface area contributed by atoms with Crippen LogP contribution in [0.25, 0.3) is 0 Å². The third-order valence-electron chi connectivity index (χ3n) is 9.24. The summed E-state index contributed by atoms with van der Waals surface area (Å²) in [5.41, 5.74) is 1.24. The number of piperidine rings is 1.